The number of aliphatic hydroxyl groups is 1. The van der Waals surface area contributed by atoms with E-state index in [4.69, 9.17) is 9.94 Å². The molecule has 0 bridgehead atoms. The maximum Gasteiger partial charge on any atom is 0.286 e. The van der Waals surface area contributed by atoms with E-state index in [2.05, 4.69) is 5.32 Å². The molecule has 11 heteroatoms. The van der Waals surface area contributed by atoms with Gasteiger partial charge in [-0.15, -0.1) is 0 Å². The Morgan fingerprint density at radius 1 is 1.29 bits per heavy atom. The zero-order chi connectivity index (χ0) is 22.8. The van der Waals surface area contributed by atoms with Gasteiger partial charge in [-0.1, -0.05) is 6.07 Å². The Morgan fingerprint density at radius 2 is 1.97 bits per heavy atom. The molecule has 1 fully saturated rings. The van der Waals surface area contributed by atoms with Crippen molar-refractivity contribution in [3.05, 3.63) is 59.4 Å². The Bertz CT molecular complexity index is 1100. The third-order valence-corrected chi connectivity index (χ3v) is 7.43. The van der Waals surface area contributed by atoms with Gasteiger partial charge in [-0.05, 0) is 60.9 Å². The van der Waals surface area contributed by atoms with E-state index >= 15 is 0 Å². The van der Waals surface area contributed by atoms with Gasteiger partial charge in [0.1, 0.15) is 23.4 Å². The van der Waals surface area contributed by atoms with E-state index in [9.17, 15) is 27.5 Å². The minimum absolute atomic E-state index is 0.0675. The van der Waals surface area contributed by atoms with Crippen LogP contribution in [0, 0.1) is 12.7 Å². The lowest BCUT2D eigenvalue weighted by atomic mass is 9.92. The number of hydrogen-bond donors (Lipinski definition) is 4. The molecular weight excluding hydrogens is 431 g/mol. The summed E-state index contributed by atoms with van der Waals surface area (Å²) in [5.74, 6) is -2.77. The number of benzene rings is 2. The molecule has 2 amide bonds. The van der Waals surface area contributed by atoms with Crippen molar-refractivity contribution >= 4 is 21.7 Å². The summed E-state index contributed by atoms with van der Waals surface area (Å²) in [4.78, 5) is 23.8. The van der Waals surface area contributed by atoms with E-state index < -0.39 is 32.5 Å². The van der Waals surface area contributed by atoms with Gasteiger partial charge in [-0.2, -0.15) is 0 Å². The molecule has 1 aliphatic rings. The van der Waals surface area contributed by atoms with Gasteiger partial charge in [0.15, 0.2) is 9.84 Å². The zero-order valence-electron chi connectivity index (χ0n) is 16.5. The molecule has 2 unspecified atom stereocenters. The molecule has 0 radical (unpaired) electrons. The molecule has 166 valence electrons. The van der Waals surface area contributed by atoms with Crippen LogP contribution in [0.3, 0.4) is 0 Å². The molecule has 1 aliphatic heterocycles. The highest BCUT2D eigenvalue weighted by Gasteiger charge is 2.58. The lowest BCUT2D eigenvalue weighted by molar-refractivity contribution is -0.161. The van der Waals surface area contributed by atoms with Crippen molar-refractivity contribution in [2.45, 2.75) is 35.7 Å². The number of hydroxylamine groups is 1. The van der Waals surface area contributed by atoms with E-state index in [0.717, 1.165) is 11.0 Å². The highest BCUT2D eigenvalue weighted by Crippen LogP contribution is 2.31. The molecule has 4 N–H and O–H groups in total. The van der Waals surface area contributed by atoms with Crippen molar-refractivity contribution < 1.29 is 37.4 Å². The predicted molar refractivity (Wildman–Crippen MR) is 105 cm³/mol. The summed E-state index contributed by atoms with van der Waals surface area (Å²) in [6.45, 7) is 1.81. The van der Waals surface area contributed by atoms with E-state index in [1.807, 2.05) is 0 Å². The summed E-state index contributed by atoms with van der Waals surface area (Å²) in [5.41, 5.74) is -0.373. The van der Waals surface area contributed by atoms with E-state index in [-0.39, 0.29) is 30.3 Å². The molecule has 9 nitrogen and oxygen atoms in total. The molecule has 2 aromatic carbocycles. The number of nitrogens with one attached hydrogen (secondary N) is 2. The van der Waals surface area contributed by atoms with Crippen LogP contribution in [0.2, 0.25) is 0 Å². The summed E-state index contributed by atoms with van der Waals surface area (Å²) < 4.78 is 44.9. The highest BCUT2D eigenvalue weighted by atomic mass is 32.2. The first-order valence-corrected chi connectivity index (χ1v) is 10.8. The number of carbonyl (C=O) groups excluding carboxylic acids is 2. The highest BCUT2D eigenvalue weighted by molar-refractivity contribution is 7.92. The van der Waals surface area contributed by atoms with Gasteiger partial charge in [-0.25, -0.2) is 18.3 Å². The minimum Gasteiger partial charge on any atom is -0.489 e. The van der Waals surface area contributed by atoms with Crippen molar-refractivity contribution in [1.82, 2.24) is 10.8 Å². The number of piperidine rings is 1. The third kappa shape index (κ3) is 4.24. The molecule has 0 aliphatic carbocycles. The van der Waals surface area contributed by atoms with Crippen LogP contribution in [0.25, 0.3) is 0 Å². The largest absolute Gasteiger partial charge is 0.489 e. The van der Waals surface area contributed by atoms with Crippen LogP contribution in [-0.2, 0) is 26.0 Å². The number of rotatable bonds is 6. The van der Waals surface area contributed by atoms with Gasteiger partial charge < -0.3 is 15.2 Å². The minimum atomic E-state index is -4.33. The number of amides is 2. The fourth-order valence-corrected chi connectivity index (χ4v) is 5.33. The molecule has 1 saturated heterocycles. The SMILES string of the molecule is Cc1cc(F)ccc1COc1ccc(S(=O)(=O)C2CCNC(=O)C2(O)C(=O)NO)cc1. The van der Waals surface area contributed by atoms with Gasteiger partial charge in [0, 0.05) is 6.54 Å². The Balaban J connectivity index is 1.81. The fraction of sp³-hybridized carbons (Fsp3) is 0.300. The Kier molecular flexibility index (Phi) is 6.30. The van der Waals surface area contributed by atoms with Crippen molar-refractivity contribution in [1.29, 1.82) is 0 Å². The monoisotopic (exact) mass is 452 g/mol. The second-order valence-electron chi connectivity index (χ2n) is 7.12. The smallest absolute Gasteiger partial charge is 0.286 e. The Labute approximate surface area is 177 Å². The molecule has 2 atom stereocenters. The van der Waals surface area contributed by atoms with Crippen LogP contribution in [0.1, 0.15) is 17.5 Å². The zero-order valence-corrected chi connectivity index (χ0v) is 17.3. The topological polar surface area (TPSA) is 142 Å². The van der Waals surface area contributed by atoms with Crippen LogP contribution in [0.5, 0.6) is 5.75 Å². The maximum absolute atomic E-state index is 13.2. The molecule has 0 saturated carbocycles. The second-order valence-corrected chi connectivity index (χ2v) is 9.25. The Morgan fingerprint density at radius 3 is 2.58 bits per heavy atom. The van der Waals surface area contributed by atoms with E-state index in [0.29, 0.717) is 11.3 Å². The van der Waals surface area contributed by atoms with Crippen LogP contribution in [-0.4, -0.2) is 47.9 Å². The van der Waals surface area contributed by atoms with Crippen molar-refractivity contribution in [3.8, 4) is 5.75 Å². The average molecular weight is 452 g/mol. The first-order chi connectivity index (χ1) is 14.6. The van der Waals surface area contributed by atoms with Gasteiger partial charge in [0.05, 0.1) is 4.90 Å². The van der Waals surface area contributed by atoms with Crippen LogP contribution < -0.4 is 15.5 Å². The summed E-state index contributed by atoms with van der Waals surface area (Å²) in [5, 5.41) is 19.9. The van der Waals surface area contributed by atoms with E-state index in [1.165, 1.54) is 36.4 Å². The van der Waals surface area contributed by atoms with Crippen molar-refractivity contribution in [2.75, 3.05) is 6.54 Å². The molecule has 3 rings (SSSR count). The predicted octanol–water partition coefficient (Wildman–Crippen LogP) is 0.612. The Hall–Kier alpha value is -3.02. The summed E-state index contributed by atoms with van der Waals surface area (Å²) in [6.07, 6.45) is -0.236. The fourth-order valence-electron chi connectivity index (χ4n) is 3.39. The summed E-state index contributed by atoms with van der Waals surface area (Å²) in [7, 11) is -4.33. The van der Waals surface area contributed by atoms with Gasteiger partial charge >= 0.3 is 0 Å². The molecular formula is C20H21FN2O7S. The standard InChI is InChI=1S/C20H21FN2O7S/c1-12-10-14(21)3-2-13(12)11-30-15-4-6-16(7-5-15)31(28,29)17-8-9-22-18(24)20(17,26)19(25)23-27/h2-7,10,17,26-27H,8-9,11H2,1H3,(H,22,24)(H,23,25). The van der Waals surface area contributed by atoms with Crippen LogP contribution >= 0.6 is 0 Å². The first-order valence-electron chi connectivity index (χ1n) is 9.27. The van der Waals surface area contributed by atoms with Crippen LogP contribution in [0.15, 0.2) is 47.4 Å². The maximum atomic E-state index is 13.2. The number of aryl methyl sites for hydroxylation is 1. The quantitative estimate of drug-likeness (QED) is 0.286. The average Bonchev–Trinajstić information content (AvgIpc) is 2.74. The number of sulfone groups is 1. The number of halogens is 1. The molecule has 0 spiro atoms. The van der Waals surface area contributed by atoms with Crippen molar-refractivity contribution in [3.63, 3.8) is 0 Å². The molecule has 31 heavy (non-hydrogen) atoms. The number of hydrogen-bond acceptors (Lipinski definition) is 7. The molecule has 2 aromatic rings. The summed E-state index contributed by atoms with van der Waals surface area (Å²) >= 11 is 0. The van der Waals surface area contributed by atoms with Crippen molar-refractivity contribution in [2.24, 2.45) is 0 Å². The summed E-state index contributed by atoms with van der Waals surface area (Å²) in [6, 6.07) is 9.51. The molecule has 1 heterocycles. The molecule has 0 aromatic heterocycles. The third-order valence-electron chi connectivity index (χ3n) is 5.18. The number of ether oxygens (including phenoxy) is 1. The van der Waals surface area contributed by atoms with Gasteiger partial charge in [0.2, 0.25) is 5.60 Å². The normalized spacial score (nSPS) is 21.3. The lowest BCUT2D eigenvalue weighted by Crippen LogP contribution is -2.68. The second kappa shape index (κ2) is 8.61. The lowest BCUT2D eigenvalue weighted by Gasteiger charge is -2.36. The van der Waals surface area contributed by atoms with Gasteiger partial charge in [0.25, 0.3) is 11.8 Å². The van der Waals surface area contributed by atoms with E-state index in [1.54, 1.807) is 13.0 Å². The number of carbonyl (C=O) groups is 2. The van der Waals surface area contributed by atoms with Crippen LogP contribution in [0.4, 0.5) is 4.39 Å². The first kappa shape index (κ1) is 22.7. The van der Waals surface area contributed by atoms with Gasteiger partial charge in [-0.3, -0.25) is 14.8 Å².